The number of carbonyl (C=O) groups excluding carboxylic acids is 1. The molecule has 3 atom stereocenters. The summed E-state index contributed by atoms with van der Waals surface area (Å²) in [6, 6.07) is 2.77. The Morgan fingerprint density at radius 1 is 1.32 bits per heavy atom. The number of esters is 1. The monoisotopic (exact) mass is 549 g/mol. The van der Waals surface area contributed by atoms with Gasteiger partial charge in [0.25, 0.3) is 5.92 Å². The summed E-state index contributed by atoms with van der Waals surface area (Å²) in [6.07, 6.45) is 0.332. The number of halogens is 3. The lowest BCUT2D eigenvalue weighted by Crippen LogP contribution is -2.43. The number of carboxylic acid groups (broad SMARTS) is 1. The highest BCUT2D eigenvalue weighted by atomic mass is 32.1. The minimum absolute atomic E-state index is 0.0631. The number of amides is 1. The van der Waals surface area contributed by atoms with Gasteiger partial charge in [-0.25, -0.2) is 27.7 Å². The predicted molar refractivity (Wildman–Crippen MR) is 133 cm³/mol. The van der Waals surface area contributed by atoms with E-state index >= 15 is 0 Å². The first-order valence-corrected chi connectivity index (χ1v) is 13.0. The van der Waals surface area contributed by atoms with Crippen LogP contribution >= 0.6 is 11.3 Å². The molecule has 0 bridgehead atoms. The fourth-order valence-electron chi connectivity index (χ4n) is 5.37. The van der Waals surface area contributed by atoms with Crippen LogP contribution in [0.25, 0.3) is 0 Å². The highest BCUT2D eigenvalue weighted by molar-refractivity contribution is 7.11. The Hall–Kier alpha value is -3.45. The van der Waals surface area contributed by atoms with Crippen molar-refractivity contribution >= 4 is 29.2 Å². The van der Waals surface area contributed by atoms with Crippen LogP contribution in [-0.4, -0.2) is 82.5 Å². The number of hydrogen-bond acceptors (Lipinski definition) is 8. The van der Waals surface area contributed by atoms with E-state index in [1.807, 2.05) is 0 Å². The van der Waals surface area contributed by atoms with Crippen molar-refractivity contribution in [2.45, 2.75) is 31.9 Å². The predicted octanol–water partition coefficient (Wildman–Crippen LogP) is 3.43. The molecular weight excluding hydrogens is 523 g/mol. The maximum absolute atomic E-state index is 15.0. The summed E-state index contributed by atoms with van der Waals surface area (Å²) in [4.78, 5) is 36.3. The van der Waals surface area contributed by atoms with E-state index in [2.05, 4.69) is 10.3 Å². The van der Waals surface area contributed by atoms with Crippen molar-refractivity contribution in [2.75, 3.05) is 32.8 Å². The Labute approximate surface area is 220 Å². The van der Waals surface area contributed by atoms with E-state index in [4.69, 9.17) is 9.73 Å². The van der Waals surface area contributed by atoms with Gasteiger partial charge >= 0.3 is 12.1 Å². The highest BCUT2D eigenvalue weighted by Crippen LogP contribution is 2.43. The molecule has 2 saturated heterocycles. The van der Waals surface area contributed by atoms with Gasteiger partial charge in [0.15, 0.2) is 10.8 Å². The van der Waals surface area contributed by atoms with Crippen LogP contribution in [0.2, 0.25) is 0 Å². The van der Waals surface area contributed by atoms with Crippen LogP contribution < -0.4 is 5.32 Å². The minimum Gasteiger partial charge on any atom is -0.465 e. The van der Waals surface area contributed by atoms with Gasteiger partial charge in [-0.05, 0) is 31.0 Å². The molecule has 5 rings (SSSR count). The summed E-state index contributed by atoms with van der Waals surface area (Å²) in [5.74, 6) is -5.14. The Morgan fingerprint density at radius 2 is 2.11 bits per heavy atom. The number of benzene rings is 1. The second kappa shape index (κ2) is 10.0. The summed E-state index contributed by atoms with van der Waals surface area (Å²) in [5.41, 5.74) is 1.09. The summed E-state index contributed by atoms with van der Waals surface area (Å²) >= 11 is 1.29. The molecule has 0 radical (unpaired) electrons. The average molecular weight is 550 g/mol. The van der Waals surface area contributed by atoms with Crippen LogP contribution in [0.4, 0.5) is 18.0 Å². The highest BCUT2D eigenvalue weighted by Gasteiger charge is 2.59. The van der Waals surface area contributed by atoms with E-state index in [0.717, 1.165) is 4.90 Å². The Kier molecular flexibility index (Phi) is 6.90. The Bertz CT molecular complexity index is 1320. The Morgan fingerprint density at radius 3 is 2.79 bits per heavy atom. The molecule has 0 aliphatic carbocycles. The number of nitrogens with one attached hydrogen (secondary N) is 1. The number of alkyl halides is 2. The van der Waals surface area contributed by atoms with Crippen LogP contribution in [-0.2, 0) is 9.53 Å². The lowest BCUT2D eigenvalue weighted by Gasteiger charge is -2.31. The molecule has 38 heavy (non-hydrogen) atoms. The fourth-order valence-corrected chi connectivity index (χ4v) is 5.96. The van der Waals surface area contributed by atoms with E-state index < -0.39 is 48.3 Å². The molecule has 1 aromatic carbocycles. The van der Waals surface area contributed by atoms with Crippen molar-refractivity contribution in [3.63, 3.8) is 0 Å². The van der Waals surface area contributed by atoms with Crippen molar-refractivity contribution in [3.8, 4) is 0 Å². The van der Waals surface area contributed by atoms with Gasteiger partial charge in [0, 0.05) is 43.0 Å². The van der Waals surface area contributed by atoms with Crippen molar-refractivity contribution in [1.29, 1.82) is 0 Å². The van der Waals surface area contributed by atoms with Gasteiger partial charge in [-0.2, -0.15) is 0 Å². The summed E-state index contributed by atoms with van der Waals surface area (Å²) in [7, 11) is 0. The topological polar surface area (TPSA) is 107 Å². The maximum atomic E-state index is 15.0. The molecule has 0 spiro atoms. The SMILES string of the molecule is CCOC(=O)C1=C(CN2CC(F)(F)C3CN(C(=O)O)CC32)NC(c2nccs2)=N[C@H]1c1cccc(F)c1C. The third-order valence-electron chi connectivity index (χ3n) is 7.21. The number of amidine groups is 1. The molecule has 3 aliphatic rings. The molecule has 9 nitrogen and oxygen atoms in total. The van der Waals surface area contributed by atoms with Gasteiger partial charge < -0.3 is 20.1 Å². The number of hydrogen-bond donors (Lipinski definition) is 2. The summed E-state index contributed by atoms with van der Waals surface area (Å²) < 4.78 is 49.9. The quantitative estimate of drug-likeness (QED) is 0.532. The normalized spacial score (nSPS) is 24.7. The zero-order valence-corrected chi connectivity index (χ0v) is 21.5. The molecule has 2 unspecified atom stereocenters. The van der Waals surface area contributed by atoms with Gasteiger partial charge in [-0.3, -0.25) is 9.89 Å². The van der Waals surface area contributed by atoms with Crippen LogP contribution in [0.5, 0.6) is 0 Å². The third-order valence-corrected chi connectivity index (χ3v) is 7.99. The van der Waals surface area contributed by atoms with Crippen LogP contribution in [0.3, 0.4) is 0 Å². The molecule has 0 saturated carbocycles. The molecule has 2 N–H and O–H groups in total. The van der Waals surface area contributed by atoms with Crippen LogP contribution in [0.1, 0.15) is 29.1 Å². The third kappa shape index (κ3) is 4.64. The van der Waals surface area contributed by atoms with Crippen molar-refractivity contribution in [3.05, 3.63) is 63.0 Å². The van der Waals surface area contributed by atoms with Gasteiger partial charge in [-0.1, -0.05) is 12.1 Å². The van der Waals surface area contributed by atoms with E-state index in [-0.39, 0.29) is 37.5 Å². The standard InChI is InChI=1S/C25H26F3N5O4S/c1-3-37-23(34)19-17(10-33-12-25(27,28)15-9-32(24(35)36)11-18(15)33)30-21(22-29-7-8-38-22)31-20(19)14-5-4-6-16(26)13(14)2/h4-8,15,18,20H,3,9-12H2,1-2H3,(H,30,31)(H,35,36)/t15?,18?,20-/m0/s1. The van der Waals surface area contributed by atoms with Crippen molar-refractivity contribution in [2.24, 2.45) is 10.9 Å². The molecule has 2 fully saturated rings. The summed E-state index contributed by atoms with van der Waals surface area (Å²) in [6.45, 7) is 2.24. The van der Waals surface area contributed by atoms with Gasteiger partial charge in [0.1, 0.15) is 11.9 Å². The largest absolute Gasteiger partial charge is 0.465 e. The van der Waals surface area contributed by atoms with Gasteiger partial charge in [0.05, 0.1) is 24.6 Å². The summed E-state index contributed by atoms with van der Waals surface area (Å²) in [5, 5.41) is 14.8. The molecule has 1 aromatic heterocycles. The van der Waals surface area contributed by atoms with Gasteiger partial charge in [-0.15, -0.1) is 11.3 Å². The number of thiazole rings is 1. The first-order chi connectivity index (χ1) is 18.1. The minimum atomic E-state index is -3.11. The molecule has 202 valence electrons. The molecule has 4 heterocycles. The van der Waals surface area contributed by atoms with E-state index in [1.165, 1.54) is 28.4 Å². The maximum Gasteiger partial charge on any atom is 0.407 e. The average Bonchev–Trinajstić information content (AvgIpc) is 3.60. The first kappa shape index (κ1) is 26.2. The van der Waals surface area contributed by atoms with Crippen molar-refractivity contribution < 1.29 is 32.6 Å². The first-order valence-electron chi connectivity index (χ1n) is 12.1. The molecule has 3 aliphatic heterocycles. The smallest absolute Gasteiger partial charge is 0.407 e. The molecule has 13 heteroatoms. The number of aliphatic imine (C=N–C) groups is 1. The lowest BCUT2D eigenvalue weighted by molar-refractivity contribution is -0.139. The fraction of sp³-hybridized carbons (Fsp3) is 0.440. The second-order valence-corrected chi connectivity index (χ2v) is 10.3. The molecule has 1 amide bonds. The molecular formula is C25H26F3N5O4S. The number of aromatic nitrogens is 1. The number of nitrogens with zero attached hydrogens (tertiary/aromatic N) is 4. The second-order valence-electron chi connectivity index (χ2n) is 9.44. The number of rotatable bonds is 6. The zero-order valence-electron chi connectivity index (χ0n) is 20.7. The van der Waals surface area contributed by atoms with E-state index in [0.29, 0.717) is 22.0 Å². The zero-order chi connectivity index (χ0) is 27.2. The number of likely N-dealkylation sites (tertiary alicyclic amines) is 2. The lowest BCUT2D eigenvalue weighted by atomic mass is 9.92. The Balaban J connectivity index is 1.60. The number of carbonyl (C=O) groups is 2. The van der Waals surface area contributed by atoms with E-state index in [1.54, 1.807) is 31.5 Å². The van der Waals surface area contributed by atoms with Crippen LogP contribution in [0.15, 0.2) is 46.0 Å². The number of fused-ring (bicyclic) bond motifs is 1. The van der Waals surface area contributed by atoms with Crippen molar-refractivity contribution in [1.82, 2.24) is 20.1 Å². The molecule has 2 aromatic rings. The van der Waals surface area contributed by atoms with Gasteiger partial charge in [0.2, 0.25) is 0 Å². The van der Waals surface area contributed by atoms with E-state index in [9.17, 15) is 27.9 Å². The number of ether oxygens (including phenoxy) is 1. The van der Waals surface area contributed by atoms with Crippen LogP contribution in [0, 0.1) is 18.7 Å².